The van der Waals surface area contributed by atoms with Crippen molar-refractivity contribution in [3.63, 3.8) is 0 Å². The van der Waals surface area contributed by atoms with Crippen molar-refractivity contribution in [2.45, 2.75) is 17.7 Å². The van der Waals surface area contributed by atoms with Crippen LogP contribution in [0.4, 0.5) is 8.78 Å². The third kappa shape index (κ3) is 2.76. The molecule has 0 aromatic heterocycles. The van der Waals surface area contributed by atoms with E-state index in [0.29, 0.717) is 25.9 Å². The van der Waals surface area contributed by atoms with E-state index in [0.717, 1.165) is 10.5 Å². The maximum absolute atomic E-state index is 12.5. The lowest BCUT2D eigenvalue weighted by Crippen LogP contribution is -2.43. The summed E-state index contributed by atoms with van der Waals surface area (Å²) in [7, 11) is 0. The van der Waals surface area contributed by atoms with Crippen LogP contribution in [-0.4, -0.2) is 28.7 Å². The fraction of sp³-hybridized carbons (Fsp3) is 0.625. The molecular weight excluding hydrogens is 244 g/mol. The summed E-state index contributed by atoms with van der Waals surface area (Å²) in [6.45, 7) is 4.43. The molecule has 0 aromatic rings. The van der Waals surface area contributed by atoms with Crippen LogP contribution in [0.1, 0.15) is 12.8 Å². The molecule has 0 atom stereocenters. The van der Waals surface area contributed by atoms with Crippen LogP contribution in [0.3, 0.4) is 0 Å². The van der Waals surface area contributed by atoms with E-state index in [4.69, 9.17) is 0 Å². The molecule has 0 aromatic carbocycles. The highest BCUT2D eigenvalue weighted by Gasteiger charge is 2.39. The van der Waals surface area contributed by atoms with Gasteiger partial charge in [-0.05, 0) is 12.8 Å². The quantitative estimate of drug-likeness (QED) is 0.518. The Labute approximate surface area is 83.7 Å². The highest BCUT2D eigenvalue weighted by Crippen LogP contribution is 2.26. The molecule has 1 saturated heterocycles. The molecule has 5 heteroatoms. The Morgan fingerprint density at radius 3 is 2.31 bits per heavy atom. The van der Waals surface area contributed by atoms with Crippen LogP contribution in [0.15, 0.2) is 12.2 Å². The van der Waals surface area contributed by atoms with Crippen molar-refractivity contribution in [2.75, 3.05) is 13.1 Å². The number of nitrogens with zero attached hydrogens (tertiary/aromatic N) is 1. The van der Waals surface area contributed by atoms with Crippen LogP contribution in [0, 0.1) is 0 Å². The molecule has 0 saturated carbocycles. The number of likely N-dealkylation sites (tertiary alicyclic amines) is 1. The Kier molecular flexibility index (Phi) is 3.05. The molecule has 0 radical (unpaired) electrons. The van der Waals surface area contributed by atoms with Crippen molar-refractivity contribution in [1.29, 1.82) is 0 Å². The SMILES string of the molecule is C=C1CCN(C(=O)C(F)(F)Br)CC1. The summed E-state index contributed by atoms with van der Waals surface area (Å²) in [6.07, 6.45) is 1.24. The van der Waals surface area contributed by atoms with Crippen LogP contribution in [0.5, 0.6) is 0 Å². The Balaban J connectivity index is 2.55. The molecule has 13 heavy (non-hydrogen) atoms. The van der Waals surface area contributed by atoms with E-state index in [1.807, 2.05) is 15.9 Å². The first kappa shape index (κ1) is 10.6. The predicted octanol–water partition coefficient (Wildman–Crippen LogP) is 2.15. The molecule has 1 heterocycles. The number of rotatable bonds is 1. The van der Waals surface area contributed by atoms with E-state index in [1.165, 1.54) is 0 Å². The minimum absolute atomic E-state index is 0.346. The molecule has 0 spiro atoms. The van der Waals surface area contributed by atoms with E-state index in [-0.39, 0.29) is 0 Å². The number of piperidine rings is 1. The van der Waals surface area contributed by atoms with Crippen LogP contribution in [-0.2, 0) is 4.79 Å². The maximum atomic E-state index is 12.5. The molecule has 1 amide bonds. The Morgan fingerprint density at radius 2 is 1.92 bits per heavy atom. The number of amides is 1. The summed E-state index contributed by atoms with van der Waals surface area (Å²) in [5, 5.41) is 0. The Bertz CT molecular complexity index is 227. The number of carbonyl (C=O) groups is 1. The second kappa shape index (κ2) is 3.74. The number of hydrogen-bond donors (Lipinski definition) is 0. The van der Waals surface area contributed by atoms with E-state index >= 15 is 0 Å². The molecule has 1 aliphatic rings. The lowest BCUT2D eigenvalue weighted by Gasteiger charge is -2.29. The zero-order valence-electron chi connectivity index (χ0n) is 7.02. The third-order valence-corrected chi connectivity index (χ3v) is 2.34. The summed E-state index contributed by atoms with van der Waals surface area (Å²) < 4.78 is 25.0. The molecule has 0 bridgehead atoms. The molecule has 0 unspecified atom stereocenters. The second-order valence-corrected chi connectivity index (χ2v) is 4.04. The van der Waals surface area contributed by atoms with Crippen molar-refractivity contribution in [1.82, 2.24) is 4.90 Å². The lowest BCUT2D eigenvalue weighted by atomic mass is 10.1. The molecule has 1 fully saturated rings. The first-order chi connectivity index (χ1) is 5.91. The minimum atomic E-state index is -3.42. The van der Waals surface area contributed by atoms with E-state index in [2.05, 4.69) is 6.58 Å². The number of carbonyl (C=O) groups excluding carboxylic acids is 1. The van der Waals surface area contributed by atoms with Gasteiger partial charge in [0.15, 0.2) is 0 Å². The van der Waals surface area contributed by atoms with E-state index in [1.54, 1.807) is 0 Å². The normalized spacial score (nSPS) is 19.0. The third-order valence-electron chi connectivity index (χ3n) is 2.00. The maximum Gasteiger partial charge on any atom is 0.377 e. The number of halogens is 3. The van der Waals surface area contributed by atoms with Gasteiger partial charge in [0.1, 0.15) is 0 Å². The highest BCUT2D eigenvalue weighted by molar-refractivity contribution is 9.10. The van der Waals surface area contributed by atoms with Crippen molar-refractivity contribution in [3.05, 3.63) is 12.2 Å². The van der Waals surface area contributed by atoms with Gasteiger partial charge in [0.25, 0.3) is 0 Å². The van der Waals surface area contributed by atoms with Crippen molar-refractivity contribution in [2.24, 2.45) is 0 Å². The van der Waals surface area contributed by atoms with Gasteiger partial charge in [-0.25, -0.2) is 0 Å². The average molecular weight is 254 g/mol. The summed E-state index contributed by atoms with van der Waals surface area (Å²) in [5.74, 6) is -1.15. The zero-order chi connectivity index (χ0) is 10.1. The molecular formula is C8H10BrF2NO. The fourth-order valence-corrected chi connectivity index (χ4v) is 1.46. The van der Waals surface area contributed by atoms with Gasteiger partial charge in [0, 0.05) is 29.0 Å². The smallest absolute Gasteiger partial charge is 0.336 e. The van der Waals surface area contributed by atoms with Gasteiger partial charge in [-0.3, -0.25) is 4.79 Å². The Morgan fingerprint density at radius 1 is 1.46 bits per heavy atom. The lowest BCUT2D eigenvalue weighted by molar-refractivity contribution is -0.145. The number of alkyl halides is 3. The van der Waals surface area contributed by atoms with Crippen LogP contribution in [0.2, 0.25) is 0 Å². The van der Waals surface area contributed by atoms with Crippen molar-refractivity contribution >= 4 is 21.8 Å². The van der Waals surface area contributed by atoms with Gasteiger partial charge in [-0.15, -0.1) is 0 Å². The molecule has 1 aliphatic heterocycles. The largest absolute Gasteiger partial charge is 0.377 e. The fourth-order valence-electron chi connectivity index (χ4n) is 1.21. The van der Waals surface area contributed by atoms with Crippen LogP contribution >= 0.6 is 15.9 Å². The molecule has 74 valence electrons. The van der Waals surface area contributed by atoms with E-state index < -0.39 is 10.7 Å². The Hall–Kier alpha value is -0.450. The first-order valence-corrected chi connectivity index (χ1v) is 4.73. The topological polar surface area (TPSA) is 20.3 Å². The van der Waals surface area contributed by atoms with Crippen molar-refractivity contribution in [3.8, 4) is 0 Å². The van der Waals surface area contributed by atoms with Crippen LogP contribution in [0.25, 0.3) is 0 Å². The van der Waals surface area contributed by atoms with Gasteiger partial charge >= 0.3 is 10.7 Å². The van der Waals surface area contributed by atoms with Gasteiger partial charge in [0.05, 0.1) is 0 Å². The standard InChI is InChI=1S/C8H10BrF2NO/c1-6-2-4-12(5-3-6)7(13)8(9,10)11/h1-5H2. The summed E-state index contributed by atoms with van der Waals surface area (Å²) in [6, 6.07) is 0. The molecule has 1 rings (SSSR count). The van der Waals surface area contributed by atoms with Gasteiger partial charge in [-0.2, -0.15) is 8.78 Å². The summed E-state index contributed by atoms with van der Waals surface area (Å²) >= 11 is 2.05. The van der Waals surface area contributed by atoms with Gasteiger partial charge < -0.3 is 4.90 Å². The summed E-state index contributed by atoms with van der Waals surface area (Å²) in [4.78, 5) is 8.76. The molecule has 0 N–H and O–H groups in total. The monoisotopic (exact) mass is 253 g/mol. The zero-order valence-corrected chi connectivity index (χ0v) is 8.61. The van der Waals surface area contributed by atoms with Gasteiger partial charge in [-0.1, -0.05) is 12.2 Å². The van der Waals surface area contributed by atoms with Crippen LogP contribution < -0.4 is 0 Å². The predicted molar refractivity (Wildman–Crippen MR) is 48.8 cm³/mol. The highest BCUT2D eigenvalue weighted by atomic mass is 79.9. The molecule has 0 aliphatic carbocycles. The first-order valence-electron chi connectivity index (χ1n) is 3.94. The average Bonchev–Trinajstić information content (AvgIpc) is 2.03. The second-order valence-electron chi connectivity index (χ2n) is 3.04. The van der Waals surface area contributed by atoms with Crippen molar-refractivity contribution < 1.29 is 13.6 Å². The summed E-state index contributed by atoms with van der Waals surface area (Å²) in [5.41, 5.74) is 1.02. The molecule has 2 nitrogen and oxygen atoms in total. The van der Waals surface area contributed by atoms with Gasteiger partial charge in [0.2, 0.25) is 0 Å². The van der Waals surface area contributed by atoms with E-state index in [9.17, 15) is 13.6 Å². The number of hydrogen-bond acceptors (Lipinski definition) is 1. The minimum Gasteiger partial charge on any atom is -0.336 e.